The van der Waals surface area contributed by atoms with Crippen LogP contribution in [0.1, 0.15) is 24.8 Å². The second kappa shape index (κ2) is 4.72. The molecule has 0 aromatic heterocycles. The summed E-state index contributed by atoms with van der Waals surface area (Å²) in [5.74, 6) is -0.255. The van der Waals surface area contributed by atoms with Crippen LogP contribution in [0.25, 0.3) is 0 Å². The molecular formula is C12H15BrFNO. The number of aliphatic hydroxyl groups is 1. The molecule has 88 valence electrons. The second-order valence-corrected chi connectivity index (χ2v) is 5.18. The van der Waals surface area contributed by atoms with Gasteiger partial charge in [0.2, 0.25) is 0 Å². The Morgan fingerprint density at radius 1 is 1.44 bits per heavy atom. The van der Waals surface area contributed by atoms with Gasteiger partial charge in [-0.1, -0.05) is 0 Å². The van der Waals surface area contributed by atoms with Crippen LogP contribution in [0.2, 0.25) is 0 Å². The number of benzene rings is 1. The molecular weight excluding hydrogens is 273 g/mol. The van der Waals surface area contributed by atoms with Crippen molar-refractivity contribution in [1.29, 1.82) is 0 Å². The summed E-state index contributed by atoms with van der Waals surface area (Å²) in [4.78, 5) is 0. The standard InChI is InChI=1S/C12H15BrFNO/c1-7-5-9(14)8(13)6-11(7)15-10-3-2-4-12(10)16/h5-6,10,12,15-16H,2-4H2,1H3. The fourth-order valence-corrected chi connectivity index (χ4v) is 2.45. The van der Waals surface area contributed by atoms with E-state index < -0.39 is 0 Å². The Labute approximate surface area is 103 Å². The molecule has 16 heavy (non-hydrogen) atoms. The van der Waals surface area contributed by atoms with Crippen LogP contribution in [0.3, 0.4) is 0 Å². The zero-order valence-corrected chi connectivity index (χ0v) is 10.7. The molecule has 1 aliphatic rings. The third kappa shape index (κ3) is 2.38. The van der Waals surface area contributed by atoms with Crippen molar-refractivity contribution in [2.24, 2.45) is 0 Å². The molecule has 1 saturated carbocycles. The summed E-state index contributed by atoms with van der Waals surface area (Å²) in [6, 6.07) is 3.32. The van der Waals surface area contributed by atoms with E-state index in [4.69, 9.17) is 0 Å². The van der Waals surface area contributed by atoms with Gasteiger partial charge in [0, 0.05) is 5.69 Å². The predicted molar refractivity (Wildman–Crippen MR) is 66.1 cm³/mol. The first kappa shape index (κ1) is 11.9. The average Bonchev–Trinajstić information content (AvgIpc) is 2.61. The number of aryl methyl sites for hydroxylation is 1. The van der Waals surface area contributed by atoms with E-state index in [2.05, 4.69) is 21.2 Å². The number of hydrogen-bond donors (Lipinski definition) is 2. The van der Waals surface area contributed by atoms with E-state index in [1.165, 1.54) is 6.07 Å². The fourth-order valence-electron chi connectivity index (χ4n) is 2.11. The Bertz CT molecular complexity index is 397. The minimum atomic E-state index is -0.289. The number of aliphatic hydroxyl groups excluding tert-OH is 1. The molecule has 0 spiro atoms. The van der Waals surface area contributed by atoms with Crippen molar-refractivity contribution < 1.29 is 9.50 Å². The van der Waals surface area contributed by atoms with E-state index in [0.29, 0.717) is 4.47 Å². The Balaban J connectivity index is 2.18. The summed E-state index contributed by atoms with van der Waals surface area (Å²) in [6.45, 7) is 1.86. The Morgan fingerprint density at radius 2 is 2.19 bits per heavy atom. The van der Waals surface area contributed by atoms with Crippen LogP contribution in [0.15, 0.2) is 16.6 Å². The highest BCUT2D eigenvalue weighted by molar-refractivity contribution is 9.10. The van der Waals surface area contributed by atoms with Crippen molar-refractivity contribution >= 4 is 21.6 Å². The van der Waals surface area contributed by atoms with Gasteiger partial charge in [0.1, 0.15) is 5.82 Å². The second-order valence-electron chi connectivity index (χ2n) is 4.33. The largest absolute Gasteiger partial charge is 0.391 e. The van der Waals surface area contributed by atoms with Crippen molar-refractivity contribution in [2.45, 2.75) is 38.3 Å². The third-order valence-electron chi connectivity index (χ3n) is 3.09. The molecule has 0 saturated heterocycles. The highest BCUT2D eigenvalue weighted by atomic mass is 79.9. The molecule has 2 N–H and O–H groups in total. The first-order chi connectivity index (χ1) is 7.58. The summed E-state index contributed by atoms with van der Waals surface area (Å²) in [5, 5.41) is 13.0. The van der Waals surface area contributed by atoms with Crippen LogP contribution in [-0.2, 0) is 0 Å². The van der Waals surface area contributed by atoms with Crippen molar-refractivity contribution in [2.75, 3.05) is 5.32 Å². The molecule has 0 amide bonds. The molecule has 1 aliphatic carbocycles. The van der Waals surface area contributed by atoms with Crippen LogP contribution in [0, 0.1) is 12.7 Å². The van der Waals surface area contributed by atoms with Gasteiger partial charge in [0.15, 0.2) is 0 Å². The lowest BCUT2D eigenvalue weighted by molar-refractivity contribution is 0.172. The SMILES string of the molecule is Cc1cc(F)c(Br)cc1NC1CCCC1O. The minimum absolute atomic E-state index is 0.0936. The Hall–Kier alpha value is -0.610. The van der Waals surface area contributed by atoms with Gasteiger partial charge in [0.25, 0.3) is 0 Å². The predicted octanol–water partition coefficient (Wildman–Crippen LogP) is 3.22. The summed E-state index contributed by atoms with van der Waals surface area (Å²) in [7, 11) is 0. The maximum Gasteiger partial charge on any atom is 0.137 e. The molecule has 1 fully saturated rings. The van der Waals surface area contributed by atoms with E-state index in [1.54, 1.807) is 6.07 Å². The van der Waals surface area contributed by atoms with Gasteiger partial charge in [0.05, 0.1) is 16.6 Å². The number of anilines is 1. The van der Waals surface area contributed by atoms with Crippen molar-refractivity contribution in [3.63, 3.8) is 0 Å². The Kier molecular flexibility index (Phi) is 3.50. The molecule has 2 atom stereocenters. The molecule has 1 aromatic rings. The van der Waals surface area contributed by atoms with Crippen LogP contribution >= 0.6 is 15.9 Å². The molecule has 0 radical (unpaired) electrons. The number of nitrogens with one attached hydrogen (secondary N) is 1. The van der Waals surface area contributed by atoms with Gasteiger partial charge in [-0.25, -0.2) is 4.39 Å². The maximum atomic E-state index is 13.2. The van der Waals surface area contributed by atoms with Crippen LogP contribution < -0.4 is 5.32 Å². The van der Waals surface area contributed by atoms with Crippen molar-refractivity contribution in [3.8, 4) is 0 Å². The van der Waals surface area contributed by atoms with Crippen LogP contribution in [-0.4, -0.2) is 17.3 Å². The number of hydrogen-bond acceptors (Lipinski definition) is 2. The number of rotatable bonds is 2. The van der Waals surface area contributed by atoms with Crippen LogP contribution in [0.4, 0.5) is 10.1 Å². The van der Waals surface area contributed by atoms with Crippen molar-refractivity contribution in [1.82, 2.24) is 0 Å². The molecule has 0 aliphatic heterocycles. The molecule has 2 nitrogen and oxygen atoms in total. The van der Waals surface area contributed by atoms with E-state index in [-0.39, 0.29) is 18.0 Å². The quantitative estimate of drug-likeness (QED) is 0.875. The molecule has 2 rings (SSSR count). The first-order valence-corrected chi connectivity index (χ1v) is 6.27. The molecule has 0 bridgehead atoms. The minimum Gasteiger partial charge on any atom is -0.391 e. The lowest BCUT2D eigenvalue weighted by Crippen LogP contribution is -2.28. The maximum absolute atomic E-state index is 13.2. The highest BCUT2D eigenvalue weighted by Crippen LogP contribution is 2.28. The summed E-state index contributed by atoms with van der Waals surface area (Å²) < 4.78 is 13.7. The zero-order chi connectivity index (χ0) is 11.7. The molecule has 1 aromatic carbocycles. The average molecular weight is 288 g/mol. The monoisotopic (exact) mass is 287 g/mol. The highest BCUT2D eigenvalue weighted by Gasteiger charge is 2.25. The van der Waals surface area contributed by atoms with Gasteiger partial charge in [-0.05, 0) is 59.8 Å². The number of halogens is 2. The lowest BCUT2D eigenvalue weighted by Gasteiger charge is -2.19. The van der Waals surface area contributed by atoms with Crippen LogP contribution in [0.5, 0.6) is 0 Å². The lowest BCUT2D eigenvalue weighted by atomic mass is 10.1. The summed E-state index contributed by atoms with van der Waals surface area (Å²) in [6.07, 6.45) is 2.57. The Morgan fingerprint density at radius 3 is 2.81 bits per heavy atom. The molecule has 0 heterocycles. The zero-order valence-electron chi connectivity index (χ0n) is 9.13. The van der Waals surface area contributed by atoms with Gasteiger partial charge in [-0.15, -0.1) is 0 Å². The van der Waals surface area contributed by atoms with E-state index in [1.807, 2.05) is 6.92 Å². The fraction of sp³-hybridized carbons (Fsp3) is 0.500. The molecule has 2 unspecified atom stereocenters. The topological polar surface area (TPSA) is 32.3 Å². The van der Waals surface area contributed by atoms with E-state index >= 15 is 0 Å². The van der Waals surface area contributed by atoms with Gasteiger partial charge in [-0.3, -0.25) is 0 Å². The van der Waals surface area contributed by atoms with Gasteiger partial charge < -0.3 is 10.4 Å². The van der Waals surface area contributed by atoms with E-state index in [0.717, 1.165) is 30.5 Å². The summed E-state index contributed by atoms with van der Waals surface area (Å²) in [5.41, 5.74) is 1.75. The smallest absolute Gasteiger partial charge is 0.137 e. The molecule has 4 heteroatoms. The first-order valence-electron chi connectivity index (χ1n) is 5.48. The normalized spacial score (nSPS) is 24.8. The van der Waals surface area contributed by atoms with Crippen molar-refractivity contribution in [3.05, 3.63) is 28.0 Å². The third-order valence-corrected chi connectivity index (χ3v) is 3.70. The summed E-state index contributed by atoms with van der Waals surface area (Å²) >= 11 is 3.17. The van der Waals surface area contributed by atoms with Gasteiger partial charge in [-0.2, -0.15) is 0 Å². The van der Waals surface area contributed by atoms with Gasteiger partial charge >= 0.3 is 0 Å². The van der Waals surface area contributed by atoms with E-state index in [9.17, 15) is 9.50 Å².